The molecule has 7 heteroatoms. The molecule has 0 spiro atoms. The zero-order valence-corrected chi connectivity index (χ0v) is 16.7. The molecule has 150 valence electrons. The smallest absolute Gasteiger partial charge is 0.410 e. The Morgan fingerprint density at radius 1 is 1.11 bits per heavy atom. The predicted molar refractivity (Wildman–Crippen MR) is 105 cm³/mol. The van der Waals surface area contributed by atoms with Gasteiger partial charge in [-0.25, -0.2) is 10.6 Å². The highest BCUT2D eigenvalue weighted by Gasteiger charge is 2.26. The number of hydrogen-bond donors (Lipinski definition) is 1. The number of nitrogens with two attached hydrogens (primary N) is 1. The minimum absolute atomic E-state index is 0.0498. The van der Waals surface area contributed by atoms with Gasteiger partial charge in [-0.05, 0) is 32.8 Å². The maximum Gasteiger partial charge on any atom is 0.410 e. The van der Waals surface area contributed by atoms with Crippen molar-refractivity contribution in [1.82, 2.24) is 14.8 Å². The van der Waals surface area contributed by atoms with Crippen LogP contribution in [0.15, 0.2) is 30.3 Å². The van der Waals surface area contributed by atoms with Gasteiger partial charge in [0.2, 0.25) is 5.91 Å². The van der Waals surface area contributed by atoms with Gasteiger partial charge in [0.15, 0.2) is 0 Å². The van der Waals surface area contributed by atoms with Crippen molar-refractivity contribution in [3.8, 4) is 0 Å². The lowest BCUT2D eigenvalue weighted by atomic mass is 10.1. The van der Waals surface area contributed by atoms with E-state index in [9.17, 15) is 9.59 Å². The molecule has 1 aromatic rings. The van der Waals surface area contributed by atoms with Crippen LogP contribution in [0.5, 0.6) is 0 Å². The van der Waals surface area contributed by atoms with Crippen LogP contribution in [0.1, 0.15) is 32.8 Å². The molecule has 1 aliphatic heterocycles. The van der Waals surface area contributed by atoms with Crippen LogP contribution >= 0.6 is 0 Å². The highest BCUT2D eigenvalue weighted by atomic mass is 16.6. The highest BCUT2D eigenvalue weighted by Crippen LogP contribution is 2.12. The minimum atomic E-state index is -0.478. The number of hydrogen-bond acceptors (Lipinski definition) is 5. The van der Waals surface area contributed by atoms with Crippen LogP contribution in [0.25, 0.3) is 0 Å². The molecule has 2 N–H and O–H groups in total. The van der Waals surface area contributed by atoms with Crippen molar-refractivity contribution in [2.75, 3.05) is 39.3 Å². The molecule has 2 amide bonds. The van der Waals surface area contributed by atoms with Gasteiger partial charge in [-0.15, -0.1) is 0 Å². The number of carbonyl (C=O) groups excluding carboxylic acids is 2. The van der Waals surface area contributed by atoms with Crippen LogP contribution in [-0.4, -0.2) is 71.7 Å². The zero-order valence-electron chi connectivity index (χ0n) is 16.7. The van der Waals surface area contributed by atoms with E-state index in [1.165, 1.54) is 5.01 Å². The van der Waals surface area contributed by atoms with Crippen LogP contribution in [0.4, 0.5) is 4.79 Å². The lowest BCUT2D eigenvalue weighted by molar-refractivity contribution is -0.131. The van der Waals surface area contributed by atoms with Gasteiger partial charge < -0.3 is 9.64 Å². The largest absolute Gasteiger partial charge is 0.444 e. The molecule has 1 fully saturated rings. The quantitative estimate of drug-likeness (QED) is 0.466. The Balaban J connectivity index is 1.65. The number of rotatable bonds is 6. The van der Waals surface area contributed by atoms with Crippen LogP contribution in [0.2, 0.25) is 0 Å². The number of benzene rings is 1. The first-order chi connectivity index (χ1) is 12.7. The molecule has 1 aromatic carbocycles. The van der Waals surface area contributed by atoms with E-state index in [0.29, 0.717) is 39.0 Å². The molecule has 0 radical (unpaired) electrons. The van der Waals surface area contributed by atoms with Gasteiger partial charge in [-0.1, -0.05) is 30.3 Å². The molecular formula is C20H32N4O3. The van der Waals surface area contributed by atoms with E-state index in [1.54, 1.807) is 4.90 Å². The summed E-state index contributed by atoms with van der Waals surface area (Å²) in [5.74, 6) is 5.87. The summed E-state index contributed by atoms with van der Waals surface area (Å²) in [5, 5.41) is 1.31. The first-order valence-corrected chi connectivity index (χ1v) is 9.54. The molecule has 0 bridgehead atoms. The minimum Gasteiger partial charge on any atom is -0.444 e. The lowest BCUT2D eigenvalue weighted by Gasteiger charge is -2.36. The number of nitrogens with zero attached hydrogens (tertiary/aromatic N) is 3. The molecule has 0 unspecified atom stereocenters. The summed E-state index contributed by atoms with van der Waals surface area (Å²) in [6.07, 6.45) is 0.841. The van der Waals surface area contributed by atoms with Crippen LogP contribution in [0.3, 0.4) is 0 Å². The Morgan fingerprint density at radius 3 is 2.33 bits per heavy atom. The second-order valence-corrected chi connectivity index (χ2v) is 7.88. The molecule has 27 heavy (non-hydrogen) atoms. The van der Waals surface area contributed by atoms with Crippen molar-refractivity contribution in [3.63, 3.8) is 0 Å². The van der Waals surface area contributed by atoms with Gasteiger partial charge >= 0.3 is 6.09 Å². The van der Waals surface area contributed by atoms with E-state index in [0.717, 1.165) is 18.7 Å². The van der Waals surface area contributed by atoms with Gasteiger partial charge in [0.25, 0.3) is 0 Å². The number of carbonyl (C=O) groups is 2. The molecular weight excluding hydrogens is 344 g/mol. The Kier molecular flexibility index (Phi) is 7.62. The van der Waals surface area contributed by atoms with E-state index in [1.807, 2.05) is 51.1 Å². The number of piperazine rings is 1. The molecule has 1 heterocycles. The number of amides is 2. The van der Waals surface area contributed by atoms with Crippen LogP contribution in [-0.2, 0) is 16.0 Å². The second-order valence-electron chi connectivity index (χ2n) is 7.88. The predicted octanol–water partition coefficient (Wildman–Crippen LogP) is 1.87. The van der Waals surface area contributed by atoms with Crippen molar-refractivity contribution in [1.29, 1.82) is 0 Å². The van der Waals surface area contributed by atoms with E-state index in [4.69, 9.17) is 10.6 Å². The third-order valence-electron chi connectivity index (χ3n) is 4.47. The van der Waals surface area contributed by atoms with Crippen molar-refractivity contribution in [2.24, 2.45) is 5.84 Å². The maximum atomic E-state index is 12.2. The average Bonchev–Trinajstić information content (AvgIpc) is 2.64. The van der Waals surface area contributed by atoms with Gasteiger partial charge in [0.05, 0.1) is 0 Å². The summed E-state index contributed by atoms with van der Waals surface area (Å²) >= 11 is 0. The average molecular weight is 377 g/mol. The van der Waals surface area contributed by atoms with Crippen molar-refractivity contribution >= 4 is 12.0 Å². The topological polar surface area (TPSA) is 79.1 Å². The maximum absolute atomic E-state index is 12.2. The summed E-state index contributed by atoms with van der Waals surface area (Å²) in [6, 6.07) is 9.92. The fourth-order valence-corrected chi connectivity index (χ4v) is 2.89. The summed E-state index contributed by atoms with van der Waals surface area (Å²) < 4.78 is 5.40. The van der Waals surface area contributed by atoms with Gasteiger partial charge in [-0.2, -0.15) is 0 Å². The van der Waals surface area contributed by atoms with Gasteiger partial charge in [0.1, 0.15) is 5.60 Å². The molecule has 2 rings (SSSR count). The third kappa shape index (κ3) is 7.56. The molecule has 1 aliphatic rings. The van der Waals surface area contributed by atoms with E-state index in [-0.39, 0.29) is 12.0 Å². The van der Waals surface area contributed by atoms with Crippen molar-refractivity contribution in [2.45, 2.75) is 39.2 Å². The zero-order chi connectivity index (χ0) is 19.9. The molecule has 0 aromatic heterocycles. The van der Waals surface area contributed by atoms with E-state index in [2.05, 4.69) is 4.90 Å². The molecule has 1 saturated heterocycles. The van der Waals surface area contributed by atoms with Crippen molar-refractivity contribution in [3.05, 3.63) is 35.9 Å². The standard InChI is InChI=1S/C20H32N4O3/c1-20(2,3)27-19(26)23-14-11-22(12-15-23)13-16-24(21)18(25)10-9-17-7-5-4-6-8-17/h4-8H,9-16,21H2,1-3H3. The Labute approximate surface area is 162 Å². The van der Waals surface area contributed by atoms with Gasteiger partial charge in [0, 0.05) is 45.7 Å². The SMILES string of the molecule is CC(C)(C)OC(=O)N1CCN(CCN(N)C(=O)CCc2ccccc2)CC1. The first kappa shape index (κ1) is 21.2. The summed E-state index contributed by atoms with van der Waals surface area (Å²) in [4.78, 5) is 28.2. The molecule has 0 saturated carbocycles. The molecule has 7 nitrogen and oxygen atoms in total. The fourth-order valence-electron chi connectivity index (χ4n) is 2.89. The number of ether oxygens (including phenoxy) is 1. The van der Waals surface area contributed by atoms with Gasteiger partial charge in [-0.3, -0.25) is 14.7 Å². The van der Waals surface area contributed by atoms with E-state index < -0.39 is 5.60 Å². The highest BCUT2D eigenvalue weighted by molar-refractivity contribution is 5.75. The Bertz CT molecular complexity index is 607. The first-order valence-electron chi connectivity index (χ1n) is 9.54. The van der Waals surface area contributed by atoms with Crippen LogP contribution < -0.4 is 5.84 Å². The number of hydrazine groups is 1. The molecule has 0 aliphatic carbocycles. The Hall–Kier alpha value is -2.12. The summed E-state index contributed by atoms with van der Waals surface area (Å²) in [5.41, 5.74) is 0.659. The summed E-state index contributed by atoms with van der Waals surface area (Å²) in [7, 11) is 0. The Morgan fingerprint density at radius 2 is 1.74 bits per heavy atom. The summed E-state index contributed by atoms with van der Waals surface area (Å²) in [6.45, 7) is 9.55. The number of aryl methyl sites for hydroxylation is 1. The fraction of sp³-hybridized carbons (Fsp3) is 0.600. The monoisotopic (exact) mass is 376 g/mol. The normalized spacial score (nSPS) is 15.5. The lowest BCUT2D eigenvalue weighted by Crippen LogP contribution is -2.52. The molecule has 0 atom stereocenters. The van der Waals surface area contributed by atoms with E-state index >= 15 is 0 Å². The van der Waals surface area contributed by atoms with Crippen molar-refractivity contribution < 1.29 is 14.3 Å². The second kappa shape index (κ2) is 9.71. The third-order valence-corrected chi connectivity index (χ3v) is 4.47. The van der Waals surface area contributed by atoms with Crippen LogP contribution in [0, 0.1) is 0 Å².